The summed E-state index contributed by atoms with van der Waals surface area (Å²) in [6.45, 7) is 10.8. The van der Waals surface area contributed by atoms with Crippen LogP contribution in [0.3, 0.4) is 0 Å². The van der Waals surface area contributed by atoms with Gasteiger partial charge in [-0.3, -0.25) is 9.59 Å². The predicted octanol–water partition coefficient (Wildman–Crippen LogP) is 5.20. The van der Waals surface area contributed by atoms with E-state index in [9.17, 15) is 19.5 Å². The fourth-order valence-corrected chi connectivity index (χ4v) is 4.77. The molecule has 1 aliphatic carbocycles. The number of aromatic hydroxyl groups is 1. The number of phenolic OH excluding ortho intramolecular Hbond substituents is 1. The lowest BCUT2D eigenvalue weighted by Gasteiger charge is -2.43. The Bertz CT molecular complexity index is 1170. The molecule has 1 aliphatic rings. The highest BCUT2D eigenvalue weighted by Crippen LogP contribution is 2.38. The number of anilines is 1. The molecule has 0 aromatic heterocycles. The van der Waals surface area contributed by atoms with Gasteiger partial charge in [0.15, 0.2) is 0 Å². The Morgan fingerprint density at radius 2 is 1.63 bits per heavy atom. The molecular formula is C29H39N3O5S. The second-order valence-electron chi connectivity index (χ2n) is 10.9. The third kappa shape index (κ3) is 6.81. The van der Waals surface area contributed by atoms with Crippen LogP contribution in [0.4, 0.5) is 10.5 Å². The zero-order valence-corrected chi connectivity index (χ0v) is 23.9. The molecule has 9 heteroatoms. The number of benzene rings is 2. The average molecular weight is 542 g/mol. The molecule has 1 saturated carbocycles. The lowest BCUT2D eigenvalue weighted by atomic mass is 9.87. The van der Waals surface area contributed by atoms with Crippen molar-refractivity contribution in [2.45, 2.75) is 84.5 Å². The molecule has 0 heterocycles. The highest BCUT2D eigenvalue weighted by atomic mass is 32.1. The van der Waals surface area contributed by atoms with Crippen molar-refractivity contribution in [2.24, 2.45) is 0 Å². The third-order valence-electron chi connectivity index (χ3n) is 6.71. The summed E-state index contributed by atoms with van der Waals surface area (Å²) in [6, 6.07) is 8.47. The Hall–Kier alpha value is -3.20. The van der Waals surface area contributed by atoms with E-state index in [-0.39, 0.29) is 17.5 Å². The lowest BCUT2D eigenvalue weighted by molar-refractivity contribution is -0.145. The Kier molecular flexibility index (Phi) is 9.35. The Labute approximate surface area is 230 Å². The number of ether oxygens (including phenoxy) is 1. The molecule has 0 aliphatic heterocycles. The van der Waals surface area contributed by atoms with E-state index in [1.54, 1.807) is 45.9 Å². The van der Waals surface area contributed by atoms with Gasteiger partial charge in [0.25, 0.3) is 5.91 Å². The number of alkyl carbamates (subject to hydrolysis) is 1. The molecule has 38 heavy (non-hydrogen) atoms. The highest BCUT2D eigenvalue weighted by molar-refractivity contribution is 7.80. The molecule has 206 valence electrons. The van der Waals surface area contributed by atoms with Crippen LogP contribution >= 0.6 is 12.6 Å². The molecule has 2 unspecified atom stereocenters. The standard InChI is InChI=1S/C29H39N3O5S/c1-17-10-7-11-18(2)23(17)31-26(34)24(21-15-8-12-19(3)25(21)33)32(20-13-9-14-20)27(35)22(16-38)30-28(36)37-29(4,5)6/h7-8,10-12,15,20,22,24,33,38H,9,13-14,16H2,1-6H3,(H,30,36)(H,31,34). The molecule has 0 spiro atoms. The van der Waals surface area contributed by atoms with Crippen LogP contribution in [0.1, 0.15) is 68.3 Å². The van der Waals surface area contributed by atoms with Crippen LogP contribution in [-0.2, 0) is 14.3 Å². The van der Waals surface area contributed by atoms with E-state index in [1.165, 1.54) is 4.90 Å². The van der Waals surface area contributed by atoms with E-state index >= 15 is 0 Å². The first-order valence-electron chi connectivity index (χ1n) is 12.9. The number of carbonyl (C=O) groups excluding carboxylic acids is 3. The minimum atomic E-state index is -1.13. The van der Waals surface area contributed by atoms with Gasteiger partial charge in [0.1, 0.15) is 23.4 Å². The molecule has 2 aromatic rings. The molecule has 3 rings (SSSR count). The number of hydrogen-bond acceptors (Lipinski definition) is 6. The van der Waals surface area contributed by atoms with Crippen LogP contribution in [0.15, 0.2) is 36.4 Å². The van der Waals surface area contributed by atoms with E-state index in [0.717, 1.165) is 17.5 Å². The van der Waals surface area contributed by atoms with Crippen LogP contribution < -0.4 is 10.6 Å². The fourth-order valence-electron chi connectivity index (χ4n) is 4.52. The van der Waals surface area contributed by atoms with Gasteiger partial charge >= 0.3 is 6.09 Å². The zero-order chi connectivity index (χ0) is 28.2. The zero-order valence-electron chi connectivity index (χ0n) is 23.0. The number of carbonyl (C=O) groups is 3. The smallest absolute Gasteiger partial charge is 0.408 e. The van der Waals surface area contributed by atoms with E-state index in [1.807, 2.05) is 32.0 Å². The van der Waals surface area contributed by atoms with Gasteiger partial charge in [-0.25, -0.2) is 4.79 Å². The van der Waals surface area contributed by atoms with Gasteiger partial charge in [0.2, 0.25) is 5.91 Å². The molecule has 2 atom stereocenters. The largest absolute Gasteiger partial charge is 0.507 e. The topological polar surface area (TPSA) is 108 Å². The fraction of sp³-hybridized carbons (Fsp3) is 0.483. The van der Waals surface area contributed by atoms with Crippen molar-refractivity contribution >= 4 is 36.2 Å². The molecular weight excluding hydrogens is 502 g/mol. The van der Waals surface area contributed by atoms with E-state index < -0.39 is 35.6 Å². The summed E-state index contributed by atoms with van der Waals surface area (Å²) >= 11 is 4.33. The molecule has 3 amide bonds. The number of hydrogen-bond donors (Lipinski definition) is 4. The first-order valence-corrected chi connectivity index (χ1v) is 13.6. The van der Waals surface area contributed by atoms with Gasteiger partial charge in [-0.05, 0) is 77.5 Å². The maximum Gasteiger partial charge on any atom is 0.408 e. The number of nitrogens with zero attached hydrogens (tertiary/aromatic N) is 1. The number of rotatable bonds is 8. The number of aryl methyl sites for hydroxylation is 3. The van der Waals surface area contributed by atoms with Gasteiger partial charge in [-0.1, -0.05) is 36.4 Å². The summed E-state index contributed by atoms with van der Waals surface area (Å²) in [6.07, 6.45) is 1.58. The van der Waals surface area contributed by atoms with Gasteiger partial charge in [0.05, 0.1) is 0 Å². The van der Waals surface area contributed by atoms with Crippen molar-refractivity contribution in [3.8, 4) is 5.75 Å². The first-order chi connectivity index (χ1) is 17.8. The van der Waals surface area contributed by atoms with Gasteiger partial charge < -0.3 is 25.4 Å². The minimum absolute atomic E-state index is 0.00629. The number of phenols is 1. The monoisotopic (exact) mass is 541 g/mol. The minimum Gasteiger partial charge on any atom is -0.507 e. The third-order valence-corrected chi connectivity index (χ3v) is 7.08. The van der Waals surface area contributed by atoms with Crippen molar-refractivity contribution in [3.63, 3.8) is 0 Å². The summed E-state index contributed by atoms with van der Waals surface area (Å²) < 4.78 is 5.36. The van der Waals surface area contributed by atoms with Gasteiger partial charge in [0, 0.05) is 23.0 Å². The molecule has 0 radical (unpaired) electrons. The molecule has 0 saturated heterocycles. The number of amides is 3. The maximum atomic E-state index is 14.1. The quantitative estimate of drug-likeness (QED) is 0.344. The van der Waals surface area contributed by atoms with Crippen molar-refractivity contribution < 1.29 is 24.2 Å². The van der Waals surface area contributed by atoms with Crippen LogP contribution in [0.2, 0.25) is 0 Å². The molecule has 8 nitrogen and oxygen atoms in total. The molecule has 2 aromatic carbocycles. The number of para-hydroxylation sites is 2. The molecule has 0 bridgehead atoms. The highest BCUT2D eigenvalue weighted by Gasteiger charge is 2.43. The van der Waals surface area contributed by atoms with Crippen LogP contribution in [0, 0.1) is 20.8 Å². The Morgan fingerprint density at radius 3 is 2.16 bits per heavy atom. The average Bonchev–Trinajstić information content (AvgIpc) is 2.79. The molecule has 1 fully saturated rings. The normalized spacial score (nSPS) is 15.1. The van der Waals surface area contributed by atoms with E-state index in [4.69, 9.17) is 4.74 Å². The first kappa shape index (κ1) is 29.4. The van der Waals surface area contributed by atoms with Gasteiger partial charge in [-0.2, -0.15) is 12.6 Å². The van der Waals surface area contributed by atoms with E-state index in [2.05, 4.69) is 23.3 Å². The SMILES string of the molecule is Cc1cccc(C(C(=O)Nc2c(C)cccc2C)N(C(=O)C(CS)NC(=O)OC(C)(C)C)C2CCC2)c1O. The van der Waals surface area contributed by atoms with Gasteiger partial charge in [-0.15, -0.1) is 0 Å². The summed E-state index contributed by atoms with van der Waals surface area (Å²) in [5.41, 5.74) is 2.59. The number of thiol groups is 1. The second kappa shape index (κ2) is 12.1. The summed E-state index contributed by atoms with van der Waals surface area (Å²) in [7, 11) is 0. The van der Waals surface area contributed by atoms with Crippen molar-refractivity contribution in [2.75, 3.05) is 11.1 Å². The van der Waals surface area contributed by atoms with Crippen LogP contribution in [0.5, 0.6) is 5.75 Å². The predicted molar refractivity (Wildman–Crippen MR) is 152 cm³/mol. The van der Waals surface area contributed by atoms with Crippen LogP contribution in [0.25, 0.3) is 0 Å². The van der Waals surface area contributed by atoms with Crippen molar-refractivity contribution in [1.82, 2.24) is 10.2 Å². The Balaban J connectivity index is 2.06. The van der Waals surface area contributed by atoms with Crippen molar-refractivity contribution in [3.05, 3.63) is 58.7 Å². The van der Waals surface area contributed by atoms with Crippen LogP contribution in [-0.4, -0.2) is 51.4 Å². The summed E-state index contributed by atoms with van der Waals surface area (Å²) in [4.78, 5) is 42.2. The summed E-state index contributed by atoms with van der Waals surface area (Å²) in [5.74, 6) is -0.947. The Morgan fingerprint density at radius 1 is 1.05 bits per heavy atom. The second-order valence-corrected chi connectivity index (χ2v) is 11.2. The number of nitrogens with one attached hydrogen (secondary N) is 2. The summed E-state index contributed by atoms with van der Waals surface area (Å²) in [5, 5.41) is 16.7. The maximum absolute atomic E-state index is 14.1. The molecule has 3 N–H and O–H groups in total. The lowest BCUT2D eigenvalue weighted by Crippen LogP contribution is -2.57. The van der Waals surface area contributed by atoms with Crippen molar-refractivity contribution in [1.29, 1.82) is 0 Å². The van der Waals surface area contributed by atoms with E-state index in [0.29, 0.717) is 29.7 Å².